The molecule has 4 N–H and O–H groups in total. The Morgan fingerprint density at radius 2 is 1.78 bits per heavy atom. The Labute approximate surface area is 246 Å². The monoisotopic (exact) mass is 594 g/mol. The van der Waals surface area contributed by atoms with E-state index in [1.54, 1.807) is 68.4 Å². The summed E-state index contributed by atoms with van der Waals surface area (Å²) in [5.74, 6) is -3.44. The summed E-state index contributed by atoms with van der Waals surface area (Å²) in [5, 5.41) is 12.5. The van der Waals surface area contributed by atoms with Crippen molar-refractivity contribution < 1.29 is 28.7 Å². The highest BCUT2D eigenvalue weighted by atomic mass is 32.1. The molecule has 2 aromatic rings. The van der Waals surface area contributed by atoms with Crippen molar-refractivity contribution in [2.24, 2.45) is 11.0 Å². The quantitative estimate of drug-likeness (QED) is 0.111. The summed E-state index contributed by atoms with van der Waals surface area (Å²) < 4.78 is 11.0. The number of thiocarbonyl (C=S) groups is 2. The molecule has 4 rings (SSSR count). The fourth-order valence-corrected chi connectivity index (χ4v) is 4.73. The number of hydrazone groups is 1. The van der Waals surface area contributed by atoms with Crippen LogP contribution < -0.4 is 31.0 Å². The van der Waals surface area contributed by atoms with Crippen molar-refractivity contribution >= 4 is 70.3 Å². The highest BCUT2D eigenvalue weighted by Crippen LogP contribution is 2.33. The van der Waals surface area contributed by atoms with Gasteiger partial charge < -0.3 is 25.4 Å². The highest BCUT2D eigenvalue weighted by Gasteiger charge is 2.38. The minimum atomic E-state index is -1.31. The number of rotatable bonds is 9. The normalized spacial score (nSPS) is 18.9. The second-order valence-corrected chi connectivity index (χ2v) is 9.51. The number of para-hydroxylation sites is 2. The lowest BCUT2D eigenvalue weighted by Crippen LogP contribution is -2.58. The Kier molecular flexibility index (Phi) is 9.37. The third kappa shape index (κ3) is 6.73. The molecule has 2 heterocycles. The van der Waals surface area contributed by atoms with Crippen LogP contribution in [0.4, 0.5) is 5.69 Å². The van der Waals surface area contributed by atoms with Crippen LogP contribution in [0.3, 0.4) is 0 Å². The van der Waals surface area contributed by atoms with Crippen molar-refractivity contribution in [1.82, 2.24) is 21.4 Å². The van der Waals surface area contributed by atoms with E-state index in [0.717, 1.165) is 6.21 Å². The van der Waals surface area contributed by atoms with Crippen LogP contribution in [-0.4, -0.2) is 53.3 Å². The van der Waals surface area contributed by atoms with Crippen LogP contribution in [0.1, 0.15) is 25.5 Å². The van der Waals surface area contributed by atoms with Gasteiger partial charge in [0.25, 0.3) is 11.8 Å². The van der Waals surface area contributed by atoms with Gasteiger partial charge in [0, 0.05) is 17.5 Å². The fourth-order valence-electron chi connectivity index (χ4n) is 4.16. The lowest BCUT2D eigenvalue weighted by atomic mass is 9.95. The van der Waals surface area contributed by atoms with E-state index in [9.17, 15) is 19.2 Å². The summed E-state index contributed by atoms with van der Waals surface area (Å²) in [7, 11) is 0. The van der Waals surface area contributed by atoms with E-state index in [1.165, 1.54) is 4.90 Å². The van der Waals surface area contributed by atoms with Crippen LogP contribution in [-0.2, 0) is 23.9 Å². The molecule has 3 amide bonds. The Morgan fingerprint density at radius 1 is 1.07 bits per heavy atom. The minimum Gasteiger partial charge on any atom is -0.483 e. The Hall–Kier alpha value is -4.69. The zero-order valence-electron chi connectivity index (χ0n) is 22.0. The Bertz CT molecular complexity index is 1460. The van der Waals surface area contributed by atoms with Gasteiger partial charge in [-0.05, 0) is 56.5 Å². The third-order valence-corrected chi connectivity index (χ3v) is 6.49. The lowest BCUT2D eigenvalue weighted by molar-refractivity contribution is -0.139. The second-order valence-electron chi connectivity index (χ2n) is 8.71. The highest BCUT2D eigenvalue weighted by molar-refractivity contribution is 7.80. The number of anilines is 1. The maximum Gasteiger partial charge on any atom is 0.338 e. The number of allylic oxidation sites excluding steroid dienone is 1. The maximum absolute atomic E-state index is 13.0. The number of nitrogens with zero attached hydrogens (tertiary/aromatic N) is 2. The number of carbonyl (C=O) groups excluding carboxylic acids is 4. The predicted molar refractivity (Wildman–Crippen MR) is 158 cm³/mol. The summed E-state index contributed by atoms with van der Waals surface area (Å²) in [6.07, 6.45) is 1.03. The molecule has 212 valence electrons. The first kappa shape index (κ1) is 29.3. The van der Waals surface area contributed by atoms with Crippen LogP contribution in [0.15, 0.2) is 71.0 Å². The molecule has 0 aliphatic carbocycles. The summed E-state index contributed by atoms with van der Waals surface area (Å²) in [6.45, 7) is 3.16. The molecule has 0 radical (unpaired) electrons. The van der Waals surface area contributed by atoms with Gasteiger partial charge >= 0.3 is 5.97 Å². The molecule has 2 aliphatic heterocycles. The van der Waals surface area contributed by atoms with Gasteiger partial charge in [0.2, 0.25) is 5.91 Å². The topological polar surface area (TPSA) is 150 Å². The number of carbonyl (C=O) groups is 4. The first-order valence-corrected chi connectivity index (χ1v) is 13.3. The number of hydrogen-bond acceptors (Lipinski definition) is 9. The van der Waals surface area contributed by atoms with Crippen LogP contribution in [0.5, 0.6) is 5.75 Å². The number of nitrogens with one attached hydrogen (secondary N) is 4. The van der Waals surface area contributed by atoms with Crippen molar-refractivity contribution in [2.75, 3.05) is 18.1 Å². The van der Waals surface area contributed by atoms with Gasteiger partial charge in [-0.3, -0.25) is 19.3 Å². The van der Waals surface area contributed by atoms with E-state index >= 15 is 0 Å². The first-order chi connectivity index (χ1) is 19.7. The van der Waals surface area contributed by atoms with Crippen LogP contribution in [0.25, 0.3) is 0 Å². The molecule has 1 fully saturated rings. The van der Waals surface area contributed by atoms with Gasteiger partial charge in [-0.2, -0.15) is 5.10 Å². The zero-order valence-corrected chi connectivity index (χ0v) is 23.6. The average molecular weight is 595 g/mol. The van der Waals surface area contributed by atoms with Gasteiger partial charge in [-0.15, -0.1) is 0 Å². The SMILES string of the molecule is CCOC(=O)C1=C(C)NC(=S)N[C@H]1c1ccccc1OCC(=O)NN=C[C@@H]1C(=O)NC(=S)N(c2ccccc2)C1=O. The van der Waals surface area contributed by atoms with Crippen molar-refractivity contribution in [3.05, 3.63) is 71.4 Å². The Morgan fingerprint density at radius 3 is 2.51 bits per heavy atom. The number of benzene rings is 2. The lowest BCUT2D eigenvalue weighted by Gasteiger charge is -2.30. The van der Waals surface area contributed by atoms with Crippen LogP contribution in [0.2, 0.25) is 0 Å². The molecule has 0 spiro atoms. The molecule has 0 saturated carbocycles. The van der Waals surface area contributed by atoms with E-state index in [2.05, 4.69) is 26.5 Å². The molecule has 0 unspecified atom stereocenters. The number of hydrogen-bond donors (Lipinski definition) is 4. The van der Waals surface area contributed by atoms with Crippen molar-refractivity contribution in [3.8, 4) is 5.75 Å². The molecule has 41 heavy (non-hydrogen) atoms. The molecule has 0 bridgehead atoms. The molecule has 14 heteroatoms. The molecule has 2 atom stereocenters. The summed E-state index contributed by atoms with van der Waals surface area (Å²) in [5.41, 5.74) is 4.15. The third-order valence-electron chi connectivity index (χ3n) is 5.98. The standard InChI is InChI=1S/C27H26N6O6S2/c1-3-38-25(37)21-15(2)29-26(40)30-22(21)17-11-7-8-12-19(17)39-14-20(34)32-28-13-18-23(35)31-27(41)33(24(18)36)16-9-5-4-6-10-16/h4-13,18,22H,3,14H2,1-2H3,(H,32,34)(H2,29,30,40)(H,31,35,41)/t18-,22+/m1/s1. The van der Waals surface area contributed by atoms with Gasteiger partial charge in [-0.1, -0.05) is 36.4 Å². The van der Waals surface area contributed by atoms with Gasteiger partial charge in [0.05, 0.1) is 23.9 Å². The minimum absolute atomic E-state index is 0.0490. The molecule has 2 aromatic carbocycles. The molecule has 0 aromatic heterocycles. The zero-order chi connectivity index (χ0) is 29.5. The summed E-state index contributed by atoms with van der Waals surface area (Å²) >= 11 is 10.4. The van der Waals surface area contributed by atoms with E-state index in [-0.39, 0.29) is 11.7 Å². The summed E-state index contributed by atoms with van der Waals surface area (Å²) in [6, 6.07) is 14.8. The maximum atomic E-state index is 13.0. The molecular formula is C27H26N6O6S2. The van der Waals surface area contributed by atoms with Crippen LogP contribution in [0, 0.1) is 5.92 Å². The summed E-state index contributed by atoms with van der Waals surface area (Å²) in [4.78, 5) is 51.8. The van der Waals surface area contributed by atoms with Crippen molar-refractivity contribution in [1.29, 1.82) is 0 Å². The van der Waals surface area contributed by atoms with Crippen molar-refractivity contribution in [3.63, 3.8) is 0 Å². The molecular weight excluding hydrogens is 568 g/mol. The average Bonchev–Trinajstić information content (AvgIpc) is 2.94. The molecule has 2 aliphatic rings. The molecule has 12 nitrogen and oxygen atoms in total. The van der Waals surface area contributed by atoms with Gasteiger partial charge in [-0.25, -0.2) is 10.2 Å². The Balaban J connectivity index is 1.42. The number of amides is 3. The fraction of sp³-hybridized carbons (Fsp3) is 0.222. The van der Waals surface area contributed by atoms with Gasteiger partial charge in [0.1, 0.15) is 5.75 Å². The van der Waals surface area contributed by atoms with E-state index in [0.29, 0.717) is 33.4 Å². The number of ether oxygens (including phenoxy) is 2. The largest absolute Gasteiger partial charge is 0.483 e. The van der Waals surface area contributed by atoms with E-state index in [1.807, 2.05) is 0 Å². The first-order valence-electron chi connectivity index (χ1n) is 12.4. The number of esters is 1. The van der Waals surface area contributed by atoms with Crippen LogP contribution >= 0.6 is 24.4 Å². The van der Waals surface area contributed by atoms with Gasteiger partial charge in [0.15, 0.2) is 22.7 Å². The second kappa shape index (κ2) is 13.1. The van der Waals surface area contributed by atoms with Crippen molar-refractivity contribution in [2.45, 2.75) is 19.9 Å². The predicted octanol–water partition coefficient (Wildman–Crippen LogP) is 1.59. The van der Waals surface area contributed by atoms with E-state index in [4.69, 9.17) is 33.9 Å². The smallest absolute Gasteiger partial charge is 0.338 e. The van der Waals surface area contributed by atoms with E-state index < -0.39 is 42.3 Å². The molecule has 1 saturated heterocycles.